The Morgan fingerprint density at radius 1 is 1.07 bits per heavy atom. The van der Waals surface area contributed by atoms with Gasteiger partial charge in [0.25, 0.3) is 6.01 Å². The number of nitrogens with one attached hydrogen (secondary N) is 2. The van der Waals surface area contributed by atoms with Gasteiger partial charge in [0.1, 0.15) is 0 Å². The number of rotatable bonds is 8. The third-order valence-electron chi connectivity index (χ3n) is 8.19. The van der Waals surface area contributed by atoms with E-state index in [0.29, 0.717) is 52.9 Å². The number of aromatic nitrogens is 5. The van der Waals surface area contributed by atoms with Crippen LogP contribution in [0.2, 0.25) is 0 Å². The lowest BCUT2D eigenvalue weighted by molar-refractivity contribution is 0.187. The van der Waals surface area contributed by atoms with Crippen LogP contribution in [0.25, 0.3) is 23.0 Å². The molecule has 1 aliphatic heterocycles. The highest BCUT2D eigenvalue weighted by atomic mass is 16.5. The van der Waals surface area contributed by atoms with Gasteiger partial charge < -0.3 is 23.9 Å². The Hall–Kier alpha value is -4.48. The Kier molecular flexibility index (Phi) is 8.29. The number of carbonyl (C=O) groups excluding carboxylic acids is 1. The van der Waals surface area contributed by atoms with Crippen molar-refractivity contribution in [2.75, 3.05) is 35.7 Å². The quantitative estimate of drug-likeness (QED) is 0.258. The highest BCUT2D eigenvalue weighted by Gasteiger charge is 2.31. The summed E-state index contributed by atoms with van der Waals surface area (Å²) in [6.45, 7) is 3.75. The van der Waals surface area contributed by atoms with Crippen molar-refractivity contribution in [1.29, 1.82) is 0 Å². The number of piperidine rings is 1. The number of methoxy groups -OCH3 is 1. The van der Waals surface area contributed by atoms with Crippen molar-refractivity contribution < 1.29 is 18.5 Å². The van der Waals surface area contributed by atoms with E-state index in [0.717, 1.165) is 43.6 Å². The molecule has 2 aliphatic rings. The molecule has 6 rings (SSSR count). The second kappa shape index (κ2) is 12.6. The van der Waals surface area contributed by atoms with Gasteiger partial charge in [0.05, 0.1) is 31.4 Å². The zero-order valence-corrected chi connectivity index (χ0v) is 24.0. The standard InChI is InChI=1S/C30H36N8O4/c1-19-34-28(37-42-19)27-31-15-24(16-32-27)38-12-6-7-20(18-38)13-21-8-3-4-11-25(21)36-29-33-17-26(41-29)22-9-5-10-23(14-22)35-30(39)40-2/h5,9-10,14-17,20-21,25H,3-4,6-8,11-13,18H2,1-2H3,(H,33,36)(H,35,39)/t20-,21+,25-/m1/s1. The minimum atomic E-state index is -0.515. The molecule has 0 unspecified atom stereocenters. The largest absolute Gasteiger partial charge is 0.453 e. The summed E-state index contributed by atoms with van der Waals surface area (Å²) < 4.78 is 15.9. The monoisotopic (exact) mass is 572 g/mol. The minimum Gasteiger partial charge on any atom is -0.453 e. The number of ether oxygens (including phenoxy) is 1. The molecule has 1 saturated heterocycles. The van der Waals surface area contributed by atoms with E-state index in [1.54, 1.807) is 19.2 Å². The zero-order valence-electron chi connectivity index (χ0n) is 24.0. The fourth-order valence-corrected chi connectivity index (χ4v) is 6.14. The summed E-state index contributed by atoms with van der Waals surface area (Å²) in [6.07, 6.45) is 13.2. The maximum atomic E-state index is 11.6. The Balaban J connectivity index is 1.07. The van der Waals surface area contributed by atoms with Gasteiger partial charge in [-0.05, 0) is 56.1 Å². The molecule has 1 aliphatic carbocycles. The van der Waals surface area contributed by atoms with Gasteiger partial charge in [-0.25, -0.2) is 19.7 Å². The lowest BCUT2D eigenvalue weighted by atomic mass is 9.77. The molecule has 2 fully saturated rings. The smallest absolute Gasteiger partial charge is 0.411 e. The predicted octanol–water partition coefficient (Wildman–Crippen LogP) is 5.95. The molecular formula is C30H36N8O4. The Bertz CT molecular complexity index is 1490. The molecule has 1 amide bonds. The minimum absolute atomic E-state index is 0.314. The van der Waals surface area contributed by atoms with Crippen LogP contribution in [-0.4, -0.2) is 57.4 Å². The lowest BCUT2D eigenvalue weighted by Crippen LogP contribution is -2.39. The van der Waals surface area contributed by atoms with Gasteiger partial charge in [0.2, 0.25) is 17.5 Å². The molecule has 0 bridgehead atoms. The molecule has 1 saturated carbocycles. The highest BCUT2D eigenvalue weighted by molar-refractivity contribution is 5.85. The van der Waals surface area contributed by atoms with Crippen LogP contribution in [0.5, 0.6) is 0 Å². The number of aryl methyl sites for hydroxylation is 1. The third-order valence-corrected chi connectivity index (χ3v) is 8.19. The van der Waals surface area contributed by atoms with Gasteiger partial charge in [-0.15, -0.1) is 0 Å². The fourth-order valence-electron chi connectivity index (χ4n) is 6.14. The van der Waals surface area contributed by atoms with Crippen LogP contribution in [0.3, 0.4) is 0 Å². The average molecular weight is 573 g/mol. The molecule has 3 atom stereocenters. The predicted molar refractivity (Wildman–Crippen MR) is 157 cm³/mol. The normalized spacial score (nSPS) is 20.7. The lowest BCUT2D eigenvalue weighted by Gasteiger charge is -2.38. The SMILES string of the molecule is COC(=O)Nc1cccc(-c2cnc(N[C@@H]3CCCC[C@H]3C[C@H]3CCCN(c4cnc(-c5noc(C)n5)nc4)C3)o2)c1. The zero-order chi connectivity index (χ0) is 28.9. The molecule has 4 heterocycles. The molecule has 42 heavy (non-hydrogen) atoms. The summed E-state index contributed by atoms with van der Waals surface area (Å²) in [7, 11) is 1.34. The Morgan fingerprint density at radius 3 is 2.74 bits per heavy atom. The topological polar surface area (TPSA) is 144 Å². The van der Waals surface area contributed by atoms with Gasteiger partial charge in [-0.2, -0.15) is 4.98 Å². The van der Waals surface area contributed by atoms with Crippen LogP contribution in [-0.2, 0) is 4.74 Å². The van der Waals surface area contributed by atoms with E-state index < -0.39 is 6.09 Å². The van der Waals surface area contributed by atoms with E-state index >= 15 is 0 Å². The number of benzene rings is 1. The fraction of sp³-hybridized carbons (Fsp3) is 0.467. The first kappa shape index (κ1) is 27.7. The van der Waals surface area contributed by atoms with Crippen LogP contribution < -0.4 is 15.5 Å². The van der Waals surface area contributed by atoms with Crippen molar-refractivity contribution in [2.45, 2.75) is 57.9 Å². The van der Waals surface area contributed by atoms with Crippen LogP contribution in [0, 0.1) is 18.8 Å². The van der Waals surface area contributed by atoms with Gasteiger partial charge in [-0.3, -0.25) is 5.32 Å². The van der Waals surface area contributed by atoms with E-state index in [2.05, 4.69) is 40.6 Å². The van der Waals surface area contributed by atoms with Crippen molar-refractivity contribution in [1.82, 2.24) is 25.1 Å². The number of hydrogen-bond acceptors (Lipinski definition) is 11. The summed E-state index contributed by atoms with van der Waals surface area (Å²) in [5, 5.41) is 10.2. The molecule has 0 spiro atoms. The van der Waals surface area contributed by atoms with Crippen LogP contribution >= 0.6 is 0 Å². The second-order valence-corrected chi connectivity index (χ2v) is 11.1. The van der Waals surface area contributed by atoms with E-state index in [1.165, 1.54) is 32.8 Å². The van der Waals surface area contributed by atoms with E-state index in [1.807, 2.05) is 30.6 Å². The number of carbonyl (C=O) groups is 1. The van der Waals surface area contributed by atoms with Crippen molar-refractivity contribution in [3.8, 4) is 23.0 Å². The molecular weight excluding hydrogens is 536 g/mol. The molecule has 220 valence electrons. The van der Waals surface area contributed by atoms with E-state index in [9.17, 15) is 4.79 Å². The molecule has 12 heteroatoms. The maximum Gasteiger partial charge on any atom is 0.411 e. The van der Waals surface area contributed by atoms with Gasteiger partial charge in [0.15, 0.2) is 5.76 Å². The Morgan fingerprint density at radius 2 is 1.93 bits per heavy atom. The van der Waals surface area contributed by atoms with Crippen molar-refractivity contribution in [2.24, 2.45) is 11.8 Å². The summed E-state index contributed by atoms with van der Waals surface area (Å²) in [6, 6.07) is 8.27. The summed E-state index contributed by atoms with van der Waals surface area (Å²) in [5.41, 5.74) is 2.49. The van der Waals surface area contributed by atoms with Crippen LogP contribution in [0.4, 0.5) is 22.2 Å². The summed E-state index contributed by atoms with van der Waals surface area (Å²) >= 11 is 0. The molecule has 3 aromatic heterocycles. The second-order valence-electron chi connectivity index (χ2n) is 11.1. The van der Waals surface area contributed by atoms with Gasteiger partial charge >= 0.3 is 6.09 Å². The number of amides is 1. The van der Waals surface area contributed by atoms with E-state index in [4.69, 9.17) is 13.7 Å². The van der Waals surface area contributed by atoms with Crippen molar-refractivity contribution in [3.63, 3.8) is 0 Å². The van der Waals surface area contributed by atoms with Crippen molar-refractivity contribution in [3.05, 3.63) is 48.7 Å². The summed E-state index contributed by atoms with van der Waals surface area (Å²) in [4.78, 5) is 31.7. The molecule has 0 radical (unpaired) electrons. The van der Waals surface area contributed by atoms with Gasteiger partial charge in [0, 0.05) is 37.3 Å². The first-order valence-corrected chi connectivity index (χ1v) is 14.6. The third kappa shape index (κ3) is 6.53. The first-order chi connectivity index (χ1) is 20.5. The highest BCUT2D eigenvalue weighted by Crippen LogP contribution is 2.36. The van der Waals surface area contributed by atoms with E-state index in [-0.39, 0.29) is 0 Å². The van der Waals surface area contributed by atoms with Crippen LogP contribution in [0.15, 0.2) is 51.8 Å². The maximum absolute atomic E-state index is 11.6. The number of anilines is 3. The first-order valence-electron chi connectivity index (χ1n) is 14.6. The van der Waals surface area contributed by atoms with Gasteiger partial charge in [-0.1, -0.05) is 30.1 Å². The van der Waals surface area contributed by atoms with Crippen molar-refractivity contribution >= 4 is 23.5 Å². The molecule has 2 N–H and O–H groups in total. The molecule has 12 nitrogen and oxygen atoms in total. The number of oxazole rings is 1. The van der Waals surface area contributed by atoms with Crippen LogP contribution in [0.1, 0.15) is 50.8 Å². The summed E-state index contributed by atoms with van der Waals surface area (Å²) in [5.74, 6) is 3.16. The number of nitrogens with zero attached hydrogens (tertiary/aromatic N) is 6. The Labute approximate surface area is 244 Å². The molecule has 1 aromatic carbocycles. The number of hydrogen-bond donors (Lipinski definition) is 2. The molecule has 4 aromatic rings. The average Bonchev–Trinajstić information content (AvgIpc) is 3.68.